The van der Waals surface area contributed by atoms with Gasteiger partial charge < -0.3 is 9.84 Å². The molecule has 1 aliphatic carbocycles. The minimum absolute atomic E-state index is 0.0213. The first-order chi connectivity index (χ1) is 6.37. The van der Waals surface area contributed by atoms with E-state index < -0.39 is 18.4 Å². The smallest absolute Gasteiger partial charge is 0.389 e. The van der Waals surface area contributed by atoms with Crippen LogP contribution in [0.3, 0.4) is 0 Å². The van der Waals surface area contributed by atoms with E-state index in [0.29, 0.717) is 12.8 Å². The molecule has 1 N–H and O–H groups in total. The Morgan fingerprint density at radius 1 is 1.50 bits per heavy atom. The highest BCUT2D eigenvalue weighted by Gasteiger charge is 2.50. The SMILES string of the molecule is CCC1CC1(O)CCOCC(F)(F)F. The van der Waals surface area contributed by atoms with E-state index in [9.17, 15) is 18.3 Å². The Kier molecular flexibility index (Phi) is 3.42. The third kappa shape index (κ3) is 3.46. The van der Waals surface area contributed by atoms with E-state index in [1.54, 1.807) is 0 Å². The molecule has 0 aromatic heterocycles. The third-order valence-electron chi connectivity index (χ3n) is 2.64. The molecule has 1 aliphatic rings. The lowest BCUT2D eigenvalue weighted by molar-refractivity contribution is -0.175. The van der Waals surface area contributed by atoms with Gasteiger partial charge in [0.25, 0.3) is 0 Å². The molecule has 84 valence electrons. The number of hydrogen-bond donors (Lipinski definition) is 1. The van der Waals surface area contributed by atoms with E-state index >= 15 is 0 Å². The van der Waals surface area contributed by atoms with Gasteiger partial charge in [-0.25, -0.2) is 0 Å². The molecule has 2 unspecified atom stereocenters. The Morgan fingerprint density at radius 2 is 2.14 bits per heavy atom. The average Bonchev–Trinajstić information content (AvgIpc) is 2.70. The highest BCUT2D eigenvalue weighted by Crippen LogP contribution is 2.48. The van der Waals surface area contributed by atoms with Crippen molar-refractivity contribution >= 4 is 0 Å². The summed E-state index contributed by atoms with van der Waals surface area (Å²) in [6, 6.07) is 0. The van der Waals surface area contributed by atoms with E-state index in [4.69, 9.17) is 0 Å². The molecular formula is C9H15F3O2. The van der Waals surface area contributed by atoms with E-state index in [1.807, 2.05) is 6.92 Å². The zero-order valence-electron chi connectivity index (χ0n) is 8.10. The molecule has 0 aromatic carbocycles. The van der Waals surface area contributed by atoms with Crippen LogP contribution in [0.1, 0.15) is 26.2 Å². The number of rotatable bonds is 5. The molecule has 1 fully saturated rings. The van der Waals surface area contributed by atoms with Gasteiger partial charge in [0.2, 0.25) is 0 Å². The summed E-state index contributed by atoms with van der Waals surface area (Å²) < 4.78 is 39.4. The van der Waals surface area contributed by atoms with Crippen molar-refractivity contribution in [3.8, 4) is 0 Å². The molecule has 5 heteroatoms. The van der Waals surface area contributed by atoms with Crippen LogP contribution in [-0.4, -0.2) is 30.1 Å². The second-order valence-corrected chi connectivity index (χ2v) is 3.83. The molecule has 0 aliphatic heterocycles. The Labute approximate surface area is 81.1 Å². The van der Waals surface area contributed by atoms with Crippen LogP contribution in [-0.2, 0) is 4.74 Å². The van der Waals surface area contributed by atoms with Gasteiger partial charge in [0.1, 0.15) is 6.61 Å². The fourth-order valence-corrected chi connectivity index (χ4v) is 1.64. The summed E-state index contributed by atoms with van der Waals surface area (Å²) in [5.41, 5.74) is -0.750. The van der Waals surface area contributed by atoms with Gasteiger partial charge in [-0.2, -0.15) is 13.2 Å². The average molecular weight is 212 g/mol. The van der Waals surface area contributed by atoms with Crippen LogP contribution < -0.4 is 0 Å². The fraction of sp³-hybridized carbons (Fsp3) is 1.00. The molecule has 0 bridgehead atoms. The van der Waals surface area contributed by atoms with Crippen LogP contribution in [0.4, 0.5) is 13.2 Å². The van der Waals surface area contributed by atoms with Crippen LogP contribution in [0, 0.1) is 5.92 Å². The molecule has 1 rings (SSSR count). The zero-order chi connectivity index (χ0) is 10.8. The summed E-state index contributed by atoms with van der Waals surface area (Å²) in [5, 5.41) is 9.66. The van der Waals surface area contributed by atoms with Gasteiger partial charge in [0, 0.05) is 6.61 Å². The number of aliphatic hydroxyl groups is 1. The van der Waals surface area contributed by atoms with E-state index in [-0.39, 0.29) is 12.5 Å². The van der Waals surface area contributed by atoms with Crippen molar-refractivity contribution < 1.29 is 23.0 Å². The maximum atomic E-state index is 11.6. The Hall–Kier alpha value is -0.290. The lowest BCUT2D eigenvalue weighted by Gasteiger charge is -2.11. The first-order valence-electron chi connectivity index (χ1n) is 4.74. The summed E-state index contributed by atoms with van der Waals surface area (Å²) in [6.45, 7) is 0.714. The van der Waals surface area contributed by atoms with Gasteiger partial charge >= 0.3 is 6.18 Å². The van der Waals surface area contributed by atoms with Crippen LogP contribution in [0.25, 0.3) is 0 Å². The van der Waals surface area contributed by atoms with Gasteiger partial charge in [-0.15, -0.1) is 0 Å². The first kappa shape index (κ1) is 11.8. The number of hydrogen-bond acceptors (Lipinski definition) is 2. The predicted molar refractivity (Wildman–Crippen MR) is 44.8 cm³/mol. The number of alkyl halides is 3. The Bertz CT molecular complexity index is 193. The molecule has 1 saturated carbocycles. The standard InChI is InChI=1S/C9H15F3O2/c1-2-7-5-8(7,13)3-4-14-6-9(10,11)12/h7,13H,2-6H2,1H3. The number of halogens is 3. The third-order valence-corrected chi connectivity index (χ3v) is 2.64. The van der Waals surface area contributed by atoms with Crippen molar-refractivity contribution in [2.75, 3.05) is 13.2 Å². The van der Waals surface area contributed by atoms with Gasteiger partial charge in [-0.05, 0) is 18.8 Å². The minimum atomic E-state index is -4.27. The van der Waals surface area contributed by atoms with E-state index in [0.717, 1.165) is 6.42 Å². The van der Waals surface area contributed by atoms with Crippen molar-refractivity contribution in [3.63, 3.8) is 0 Å². The van der Waals surface area contributed by atoms with Crippen LogP contribution >= 0.6 is 0 Å². The molecule has 2 atom stereocenters. The zero-order valence-corrected chi connectivity index (χ0v) is 8.10. The Balaban J connectivity index is 2.06. The molecular weight excluding hydrogens is 197 g/mol. The van der Waals surface area contributed by atoms with Gasteiger partial charge in [0.15, 0.2) is 0 Å². The molecule has 0 radical (unpaired) electrons. The normalized spacial score (nSPS) is 31.9. The van der Waals surface area contributed by atoms with Crippen molar-refractivity contribution in [3.05, 3.63) is 0 Å². The van der Waals surface area contributed by atoms with Crippen molar-refractivity contribution in [1.82, 2.24) is 0 Å². The monoisotopic (exact) mass is 212 g/mol. The minimum Gasteiger partial charge on any atom is -0.389 e. The molecule has 0 saturated heterocycles. The van der Waals surface area contributed by atoms with Crippen molar-refractivity contribution in [1.29, 1.82) is 0 Å². The molecule has 14 heavy (non-hydrogen) atoms. The number of ether oxygens (including phenoxy) is 1. The highest BCUT2D eigenvalue weighted by molar-refractivity contribution is 5.02. The molecule has 0 spiro atoms. The first-order valence-corrected chi connectivity index (χ1v) is 4.74. The maximum absolute atomic E-state index is 11.6. The largest absolute Gasteiger partial charge is 0.411 e. The van der Waals surface area contributed by atoms with Gasteiger partial charge in [-0.3, -0.25) is 0 Å². The lowest BCUT2D eigenvalue weighted by atomic mass is 10.1. The summed E-state index contributed by atoms with van der Waals surface area (Å²) in [6.07, 6.45) is -2.40. The quantitative estimate of drug-likeness (QED) is 0.707. The summed E-state index contributed by atoms with van der Waals surface area (Å²) in [4.78, 5) is 0. The van der Waals surface area contributed by atoms with Crippen LogP contribution in [0.15, 0.2) is 0 Å². The fourth-order valence-electron chi connectivity index (χ4n) is 1.64. The Morgan fingerprint density at radius 3 is 2.57 bits per heavy atom. The van der Waals surface area contributed by atoms with Gasteiger partial charge in [0.05, 0.1) is 5.60 Å². The predicted octanol–water partition coefficient (Wildman–Crippen LogP) is 2.12. The summed E-state index contributed by atoms with van der Waals surface area (Å²) in [5.74, 6) is 0.247. The maximum Gasteiger partial charge on any atom is 0.411 e. The highest BCUT2D eigenvalue weighted by atomic mass is 19.4. The van der Waals surface area contributed by atoms with Crippen LogP contribution in [0.2, 0.25) is 0 Å². The van der Waals surface area contributed by atoms with E-state index in [1.165, 1.54) is 0 Å². The molecule has 0 amide bonds. The van der Waals surface area contributed by atoms with E-state index in [2.05, 4.69) is 4.74 Å². The molecule has 0 aromatic rings. The summed E-state index contributed by atoms with van der Waals surface area (Å²) >= 11 is 0. The molecule has 2 nitrogen and oxygen atoms in total. The lowest BCUT2D eigenvalue weighted by Crippen LogP contribution is -2.20. The molecule has 0 heterocycles. The second kappa shape index (κ2) is 4.06. The van der Waals surface area contributed by atoms with Crippen molar-refractivity contribution in [2.45, 2.75) is 38.0 Å². The summed E-state index contributed by atoms with van der Waals surface area (Å²) in [7, 11) is 0. The van der Waals surface area contributed by atoms with Crippen LogP contribution in [0.5, 0.6) is 0 Å². The van der Waals surface area contributed by atoms with Crippen molar-refractivity contribution in [2.24, 2.45) is 5.92 Å². The second-order valence-electron chi connectivity index (χ2n) is 3.83. The topological polar surface area (TPSA) is 29.5 Å². The van der Waals surface area contributed by atoms with Gasteiger partial charge in [-0.1, -0.05) is 13.3 Å².